The third-order valence-corrected chi connectivity index (χ3v) is 4.44. The van der Waals surface area contributed by atoms with E-state index in [1.807, 2.05) is 6.07 Å². The van der Waals surface area contributed by atoms with Gasteiger partial charge < -0.3 is 10.3 Å². The standard InChI is InChI=1S/C18H18BrN3O5/c1-2-21(11-17(23)24)10-14-8-13(6-7-16(14)22(26)27)18(20-25)12-4-3-5-15(19)9-12/h3-9,25H,2,10-11H2,1H3,(H,23,24). The predicted octanol–water partition coefficient (Wildman–Crippen LogP) is 3.49. The molecule has 0 amide bonds. The van der Waals surface area contributed by atoms with Gasteiger partial charge in [0.15, 0.2) is 0 Å². The van der Waals surface area contributed by atoms with E-state index in [0.717, 1.165) is 4.47 Å². The van der Waals surface area contributed by atoms with Gasteiger partial charge >= 0.3 is 5.97 Å². The second kappa shape index (κ2) is 9.24. The van der Waals surface area contributed by atoms with Crippen LogP contribution in [0.25, 0.3) is 0 Å². The van der Waals surface area contributed by atoms with Crippen molar-refractivity contribution in [1.29, 1.82) is 0 Å². The van der Waals surface area contributed by atoms with Crippen LogP contribution in [0.3, 0.4) is 0 Å². The summed E-state index contributed by atoms with van der Waals surface area (Å²) in [5.41, 5.74) is 1.60. The summed E-state index contributed by atoms with van der Waals surface area (Å²) >= 11 is 3.35. The number of rotatable bonds is 8. The Morgan fingerprint density at radius 3 is 2.52 bits per heavy atom. The Morgan fingerprint density at radius 1 is 1.26 bits per heavy atom. The van der Waals surface area contributed by atoms with Crippen molar-refractivity contribution >= 4 is 33.3 Å². The maximum atomic E-state index is 11.4. The van der Waals surface area contributed by atoms with E-state index in [9.17, 15) is 20.1 Å². The third-order valence-electron chi connectivity index (χ3n) is 3.95. The number of aliphatic carboxylic acids is 1. The van der Waals surface area contributed by atoms with E-state index in [0.29, 0.717) is 23.2 Å². The minimum absolute atomic E-state index is 0.0874. The Morgan fingerprint density at radius 2 is 1.96 bits per heavy atom. The zero-order valence-electron chi connectivity index (χ0n) is 14.5. The first-order chi connectivity index (χ1) is 12.8. The molecule has 0 bridgehead atoms. The first-order valence-corrected chi connectivity index (χ1v) is 8.84. The van der Waals surface area contributed by atoms with E-state index in [1.54, 1.807) is 36.1 Å². The Balaban J connectivity index is 2.47. The molecule has 0 spiro atoms. The van der Waals surface area contributed by atoms with Crippen LogP contribution in [0.5, 0.6) is 0 Å². The molecule has 2 aromatic carbocycles. The van der Waals surface area contributed by atoms with Crippen LogP contribution in [0.15, 0.2) is 52.1 Å². The molecule has 8 nitrogen and oxygen atoms in total. The lowest BCUT2D eigenvalue weighted by molar-refractivity contribution is -0.385. The number of nitrogens with zero attached hydrogens (tertiary/aromatic N) is 3. The molecule has 27 heavy (non-hydrogen) atoms. The molecule has 142 valence electrons. The van der Waals surface area contributed by atoms with Gasteiger partial charge in [-0.15, -0.1) is 0 Å². The second-order valence-corrected chi connectivity index (χ2v) is 6.67. The lowest BCUT2D eigenvalue weighted by Gasteiger charge is -2.18. The number of carboxylic acids is 1. The Bertz CT molecular complexity index is 885. The van der Waals surface area contributed by atoms with Crippen molar-refractivity contribution in [3.05, 3.63) is 73.7 Å². The minimum Gasteiger partial charge on any atom is -0.480 e. The molecular formula is C18H18BrN3O5. The maximum absolute atomic E-state index is 11.4. The minimum atomic E-state index is -1.01. The molecule has 0 radical (unpaired) electrons. The van der Waals surface area contributed by atoms with Crippen molar-refractivity contribution in [2.45, 2.75) is 13.5 Å². The molecule has 0 aliphatic heterocycles. The quantitative estimate of drug-likeness (QED) is 0.283. The number of likely N-dealkylation sites (N-methyl/N-ethyl adjacent to an activating group) is 1. The summed E-state index contributed by atoms with van der Waals surface area (Å²) < 4.78 is 0.793. The molecule has 0 saturated heterocycles. The summed E-state index contributed by atoms with van der Waals surface area (Å²) in [6.07, 6.45) is 0. The molecule has 0 aromatic heterocycles. The van der Waals surface area contributed by atoms with Crippen molar-refractivity contribution < 1.29 is 20.0 Å². The fourth-order valence-electron chi connectivity index (χ4n) is 2.67. The highest BCUT2D eigenvalue weighted by Gasteiger charge is 2.20. The highest BCUT2D eigenvalue weighted by Crippen LogP contribution is 2.24. The number of nitro groups is 1. The lowest BCUT2D eigenvalue weighted by atomic mass is 9.99. The fourth-order valence-corrected chi connectivity index (χ4v) is 3.07. The zero-order valence-corrected chi connectivity index (χ0v) is 16.1. The van der Waals surface area contributed by atoms with Crippen molar-refractivity contribution in [3.8, 4) is 0 Å². The van der Waals surface area contributed by atoms with Crippen molar-refractivity contribution in [1.82, 2.24) is 4.90 Å². The first-order valence-electron chi connectivity index (χ1n) is 8.05. The first kappa shape index (κ1) is 20.5. The SMILES string of the molecule is CCN(CC(=O)O)Cc1cc(C(=NO)c2cccc(Br)c2)ccc1[N+](=O)[O-]. The normalized spacial score (nSPS) is 11.6. The van der Waals surface area contributed by atoms with Gasteiger partial charge in [0, 0.05) is 33.8 Å². The number of carboxylic acid groups (broad SMARTS) is 1. The summed E-state index contributed by atoms with van der Waals surface area (Å²) in [6.45, 7) is 2.05. The smallest absolute Gasteiger partial charge is 0.317 e. The Kier molecular flexibility index (Phi) is 7.03. The fraction of sp³-hybridized carbons (Fsp3) is 0.222. The van der Waals surface area contributed by atoms with E-state index in [4.69, 9.17) is 5.11 Å². The van der Waals surface area contributed by atoms with Gasteiger partial charge in [-0.2, -0.15) is 0 Å². The molecule has 0 fully saturated rings. The monoisotopic (exact) mass is 435 g/mol. The third kappa shape index (κ3) is 5.35. The average Bonchev–Trinajstić information content (AvgIpc) is 2.61. The van der Waals surface area contributed by atoms with Crippen LogP contribution >= 0.6 is 15.9 Å². The average molecular weight is 436 g/mol. The second-order valence-electron chi connectivity index (χ2n) is 5.76. The van der Waals surface area contributed by atoms with Gasteiger partial charge in [-0.05, 0) is 30.8 Å². The lowest BCUT2D eigenvalue weighted by Crippen LogP contribution is -2.29. The topological polar surface area (TPSA) is 116 Å². The summed E-state index contributed by atoms with van der Waals surface area (Å²) in [5, 5.41) is 33.2. The van der Waals surface area contributed by atoms with E-state index >= 15 is 0 Å². The van der Waals surface area contributed by atoms with Gasteiger partial charge in [0.05, 0.1) is 11.5 Å². The van der Waals surface area contributed by atoms with Crippen LogP contribution in [-0.2, 0) is 11.3 Å². The largest absolute Gasteiger partial charge is 0.480 e. The number of carbonyl (C=O) groups is 1. The maximum Gasteiger partial charge on any atom is 0.317 e. The van der Waals surface area contributed by atoms with Crippen molar-refractivity contribution in [2.75, 3.05) is 13.1 Å². The van der Waals surface area contributed by atoms with Gasteiger partial charge in [-0.25, -0.2) is 0 Å². The number of nitro benzene ring substituents is 1. The van der Waals surface area contributed by atoms with Crippen LogP contribution in [0.4, 0.5) is 5.69 Å². The molecule has 2 aromatic rings. The zero-order chi connectivity index (χ0) is 20.0. The summed E-state index contributed by atoms with van der Waals surface area (Å²) in [5.74, 6) is -1.01. The molecule has 0 atom stereocenters. The van der Waals surface area contributed by atoms with Gasteiger partial charge in [-0.3, -0.25) is 19.8 Å². The molecule has 9 heteroatoms. The molecule has 0 heterocycles. The van der Waals surface area contributed by atoms with Crippen LogP contribution in [-0.4, -0.2) is 44.9 Å². The summed E-state index contributed by atoms with van der Waals surface area (Å²) in [6, 6.07) is 11.5. The number of halogens is 1. The number of oxime groups is 1. The van der Waals surface area contributed by atoms with E-state index in [-0.39, 0.29) is 24.5 Å². The van der Waals surface area contributed by atoms with E-state index < -0.39 is 10.9 Å². The van der Waals surface area contributed by atoms with Crippen molar-refractivity contribution in [2.24, 2.45) is 5.16 Å². The number of hydrogen-bond donors (Lipinski definition) is 2. The predicted molar refractivity (Wildman–Crippen MR) is 103 cm³/mol. The van der Waals surface area contributed by atoms with Crippen LogP contribution in [0.2, 0.25) is 0 Å². The highest BCUT2D eigenvalue weighted by molar-refractivity contribution is 9.10. The molecule has 0 aliphatic rings. The molecule has 0 aliphatic carbocycles. The highest BCUT2D eigenvalue weighted by atomic mass is 79.9. The molecule has 2 rings (SSSR count). The van der Waals surface area contributed by atoms with Crippen LogP contribution in [0, 0.1) is 10.1 Å². The van der Waals surface area contributed by atoms with Crippen molar-refractivity contribution in [3.63, 3.8) is 0 Å². The van der Waals surface area contributed by atoms with Gasteiger partial charge in [0.25, 0.3) is 5.69 Å². The molecule has 0 unspecified atom stereocenters. The van der Waals surface area contributed by atoms with E-state index in [2.05, 4.69) is 21.1 Å². The van der Waals surface area contributed by atoms with Crippen LogP contribution < -0.4 is 0 Å². The Labute approximate surface area is 164 Å². The van der Waals surface area contributed by atoms with Gasteiger partial charge in [-0.1, -0.05) is 40.1 Å². The summed E-state index contributed by atoms with van der Waals surface area (Å²) in [4.78, 5) is 23.4. The molecule has 0 saturated carbocycles. The summed E-state index contributed by atoms with van der Waals surface area (Å²) in [7, 11) is 0. The van der Waals surface area contributed by atoms with Crippen LogP contribution in [0.1, 0.15) is 23.6 Å². The Hall–Kier alpha value is -2.78. The molecule has 2 N–H and O–H groups in total. The number of hydrogen-bond acceptors (Lipinski definition) is 6. The van der Waals surface area contributed by atoms with Gasteiger partial charge in [0.1, 0.15) is 5.71 Å². The number of benzene rings is 2. The van der Waals surface area contributed by atoms with Gasteiger partial charge in [0.2, 0.25) is 0 Å². The van der Waals surface area contributed by atoms with E-state index in [1.165, 1.54) is 12.1 Å². The molecular weight excluding hydrogens is 418 g/mol.